The first-order valence-electron chi connectivity index (χ1n) is 6.25. The molecule has 0 saturated heterocycles. The molecule has 1 heterocycles. The zero-order chi connectivity index (χ0) is 14.5. The van der Waals surface area contributed by atoms with Crippen molar-refractivity contribution in [1.29, 1.82) is 0 Å². The molecule has 0 unspecified atom stereocenters. The third-order valence-corrected chi connectivity index (χ3v) is 4.64. The first-order chi connectivity index (χ1) is 9.30. The van der Waals surface area contributed by atoms with Crippen LogP contribution in [0.1, 0.15) is 25.0 Å². The first kappa shape index (κ1) is 13.1. The quantitative estimate of drug-likeness (QED) is 0.877. The highest BCUT2D eigenvalue weighted by molar-refractivity contribution is 7.89. The van der Waals surface area contributed by atoms with Gasteiger partial charge in [-0.15, -0.1) is 0 Å². The molecular weight excluding hydrogens is 274 g/mol. The molecule has 1 aliphatic rings. The molecule has 104 valence electrons. The maximum absolute atomic E-state index is 11.5. The van der Waals surface area contributed by atoms with Gasteiger partial charge in [0.1, 0.15) is 11.5 Å². The summed E-state index contributed by atoms with van der Waals surface area (Å²) in [5, 5.41) is 5.20. The average molecular weight is 289 g/mol. The Bertz CT molecular complexity index is 795. The predicted molar refractivity (Wildman–Crippen MR) is 76.5 cm³/mol. The average Bonchev–Trinajstić information content (AvgIpc) is 2.37. The van der Waals surface area contributed by atoms with Crippen molar-refractivity contribution < 1.29 is 13.2 Å². The molecular formula is C15H15NO3S. The molecule has 0 atom stereocenters. The molecule has 0 aromatic heterocycles. The van der Waals surface area contributed by atoms with E-state index in [-0.39, 0.29) is 10.3 Å². The lowest BCUT2D eigenvalue weighted by atomic mass is 9.76. The second kappa shape index (κ2) is 4.07. The second-order valence-corrected chi connectivity index (χ2v) is 6.99. The molecule has 3 rings (SSSR count). The van der Waals surface area contributed by atoms with Gasteiger partial charge in [-0.1, -0.05) is 32.0 Å². The molecule has 2 aromatic carbocycles. The van der Waals surface area contributed by atoms with Crippen molar-refractivity contribution in [1.82, 2.24) is 0 Å². The van der Waals surface area contributed by atoms with Crippen LogP contribution in [-0.4, -0.2) is 8.42 Å². The number of hydrogen-bond acceptors (Lipinski definition) is 3. The highest BCUT2D eigenvalue weighted by Crippen LogP contribution is 2.47. The van der Waals surface area contributed by atoms with Crippen molar-refractivity contribution in [3.63, 3.8) is 0 Å². The van der Waals surface area contributed by atoms with Crippen LogP contribution in [0.2, 0.25) is 0 Å². The molecule has 0 spiro atoms. The summed E-state index contributed by atoms with van der Waals surface area (Å²) in [4.78, 5) is 0.104. The monoisotopic (exact) mass is 289 g/mol. The maximum Gasteiger partial charge on any atom is 0.238 e. The first-order valence-corrected chi connectivity index (χ1v) is 7.79. The SMILES string of the molecule is CC1(C)c2ccccc2Oc2ccc(S(N)(=O)=O)cc21. The molecule has 2 aromatic rings. The van der Waals surface area contributed by atoms with Gasteiger partial charge in [-0.2, -0.15) is 0 Å². The fourth-order valence-corrected chi connectivity index (χ4v) is 3.14. The Labute approximate surface area is 118 Å². The molecule has 0 radical (unpaired) electrons. The Morgan fingerprint density at radius 2 is 1.65 bits per heavy atom. The summed E-state index contributed by atoms with van der Waals surface area (Å²) in [5.41, 5.74) is 1.51. The van der Waals surface area contributed by atoms with Crippen molar-refractivity contribution in [2.75, 3.05) is 0 Å². The third-order valence-electron chi connectivity index (χ3n) is 3.73. The number of hydrogen-bond donors (Lipinski definition) is 1. The van der Waals surface area contributed by atoms with Crippen molar-refractivity contribution >= 4 is 10.0 Å². The number of benzene rings is 2. The molecule has 0 fully saturated rings. The fourth-order valence-electron chi connectivity index (χ4n) is 2.60. The Morgan fingerprint density at radius 3 is 2.35 bits per heavy atom. The minimum absolute atomic E-state index is 0.104. The highest BCUT2D eigenvalue weighted by atomic mass is 32.2. The smallest absolute Gasteiger partial charge is 0.238 e. The standard InChI is InChI=1S/C15H15NO3S/c1-15(2)11-5-3-4-6-13(11)19-14-8-7-10(9-12(14)15)20(16,17)18/h3-9H,1-2H3,(H2,16,17,18). The van der Waals surface area contributed by atoms with Crippen LogP contribution in [0.4, 0.5) is 0 Å². The van der Waals surface area contributed by atoms with Crippen LogP contribution in [0.5, 0.6) is 11.5 Å². The van der Waals surface area contributed by atoms with Gasteiger partial charge in [0.15, 0.2) is 0 Å². The lowest BCUT2D eigenvalue weighted by Crippen LogP contribution is -2.25. The van der Waals surface area contributed by atoms with Crippen molar-refractivity contribution in [2.24, 2.45) is 5.14 Å². The molecule has 1 aliphatic heterocycles. The summed E-state index contributed by atoms with van der Waals surface area (Å²) in [6.07, 6.45) is 0. The van der Waals surface area contributed by atoms with E-state index in [9.17, 15) is 8.42 Å². The number of sulfonamides is 1. The summed E-state index contributed by atoms with van der Waals surface area (Å²) in [6.45, 7) is 4.08. The summed E-state index contributed by atoms with van der Waals surface area (Å²) in [5.74, 6) is 1.47. The van der Waals surface area contributed by atoms with E-state index < -0.39 is 10.0 Å². The van der Waals surface area contributed by atoms with Crippen LogP contribution in [0, 0.1) is 0 Å². The maximum atomic E-state index is 11.5. The number of rotatable bonds is 1. The van der Waals surface area contributed by atoms with E-state index in [4.69, 9.17) is 9.88 Å². The molecule has 0 bridgehead atoms. The minimum Gasteiger partial charge on any atom is -0.457 e. The van der Waals surface area contributed by atoms with Gasteiger partial charge in [0, 0.05) is 16.5 Å². The summed E-state index contributed by atoms with van der Waals surface area (Å²) in [7, 11) is -3.72. The van der Waals surface area contributed by atoms with Gasteiger partial charge in [-0.25, -0.2) is 13.6 Å². The number of para-hydroxylation sites is 1. The van der Waals surface area contributed by atoms with E-state index in [1.54, 1.807) is 12.1 Å². The fraction of sp³-hybridized carbons (Fsp3) is 0.200. The van der Waals surface area contributed by atoms with Gasteiger partial charge < -0.3 is 4.74 Å². The lowest BCUT2D eigenvalue weighted by molar-refractivity contribution is 0.417. The highest BCUT2D eigenvalue weighted by Gasteiger charge is 2.34. The zero-order valence-electron chi connectivity index (χ0n) is 11.3. The minimum atomic E-state index is -3.72. The largest absolute Gasteiger partial charge is 0.457 e. The van der Waals surface area contributed by atoms with E-state index in [0.29, 0.717) is 5.75 Å². The van der Waals surface area contributed by atoms with Gasteiger partial charge in [-0.05, 0) is 24.3 Å². The topological polar surface area (TPSA) is 69.4 Å². The van der Waals surface area contributed by atoms with Crippen LogP contribution >= 0.6 is 0 Å². The van der Waals surface area contributed by atoms with Crippen LogP contribution < -0.4 is 9.88 Å². The van der Waals surface area contributed by atoms with E-state index in [2.05, 4.69) is 0 Å². The predicted octanol–water partition coefficient (Wildman–Crippen LogP) is 2.77. The number of fused-ring (bicyclic) bond motifs is 2. The van der Waals surface area contributed by atoms with Gasteiger partial charge in [0.05, 0.1) is 4.90 Å². The van der Waals surface area contributed by atoms with Gasteiger partial charge in [0.2, 0.25) is 10.0 Å². The molecule has 0 saturated carbocycles. The van der Waals surface area contributed by atoms with E-state index >= 15 is 0 Å². The molecule has 4 nitrogen and oxygen atoms in total. The summed E-state index contributed by atoms with van der Waals surface area (Å²) in [6, 6.07) is 12.5. The van der Waals surface area contributed by atoms with Gasteiger partial charge in [0.25, 0.3) is 0 Å². The number of ether oxygens (including phenoxy) is 1. The Hall–Kier alpha value is -1.85. The normalized spacial score (nSPS) is 15.9. The summed E-state index contributed by atoms with van der Waals surface area (Å²) < 4.78 is 28.9. The molecule has 20 heavy (non-hydrogen) atoms. The zero-order valence-corrected chi connectivity index (χ0v) is 12.1. The molecule has 2 N–H and O–H groups in total. The van der Waals surface area contributed by atoms with E-state index in [1.807, 2.05) is 38.1 Å². The van der Waals surface area contributed by atoms with Crippen molar-refractivity contribution in [3.05, 3.63) is 53.6 Å². The Balaban J connectivity index is 2.25. The van der Waals surface area contributed by atoms with Crippen LogP contribution in [0.3, 0.4) is 0 Å². The van der Waals surface area contributed by atoms with Gasteiger partial charge in [-0.3, -0.25) is 0 Å². The number of primary sulfonamides is 1. The van der Waals surface area contributed by atoms with Crippen molar-refractivity contribution in [2.45, 2.75) is 24.2 Å². The Kier molecular flexibility index (Phi) is 2.68. The van der Waals surface area contributed by atoms with Crippen LogP contribution in [0.15, 0.2) is 47.4 Å². The van der Waals surface area contributed by atoms with Gasteiger partial charge >= 0.3 is 0 Å². The molecule has 5 heteroatoms. The van der Waals surface area contributed by atoms with Crippen LogP contribution in [-0.2, 0) is 15.4 Å². The molecule has 0 amide bonds. The third kappa shape index (κ3) is 1.90. The Morgan fingerprint density at radius 1 is 1.00 bits per heavy atom. The van der Waals surface area contributed by atoms with Crippen molar-refractivity contribution in [3.8, 4) is 11.5 Å². The number of nitrogens with two attached hydrogens (primary N) is 1. The summed E-state index contributed by atoms with van der Waals surface area (Å²) >= 11 is 0. The van der Waals surface area contributed by atoms with Crippen LogP contribution in [0.25, 0.3) is 0 Å². The van der Waals surface area contributed by atoms with E-state index in [0.717, 1.165) is 16.9 Å². The molecule has 0 aliphatic carbocycles. The second-order valence-electron chi connectivity index (χ2n) is 5.43. The van der Waals surface area contributed by atoms with E-state index in [1.165, 1.54) is 6.07 Å². The lowest BCUT2D eigenvalue weighted by Gasteiger charge is -2.34.